The van der Waals surface area contributed by atoms with E-state index in [2.05, 4.69) is 61.7 Å². The molecule has 0 spiro atoms. The molecule has 4 heterocycles. The number of carbonyl (C=O) groups excluding carboxylic acids is 5. The SMILES string of the molecule is C1CCOC1.C=CC(=O)OC.CC(=O)O.CCN(CC)CC.COC(=O)C(Cl)Cc1ccc([N+](=O)[O-])cc1[N+](=O)[O-].COC(=O)C(Cl)Cc1ccccc1.Nc1ccc2c(c1)NC(=O)C(Cl)C2.Nc1ccc2ccc(=O)[nH]c2c1.Nc1ccccc1.O=C(I)OSc1ccc2ccc(=O)[nH]c2c1.O=S(=O)(O)O.O=[N+]([O-])O. The number of aliphatic carboxylic acids is 1. The molecular formula is C70H86Cl3IN10O25S2. The molecule has 0 aliphatic carbocycles. The first-order valence-corrected chi connectivity index (χ1v) is 36.5. The summed E-state index contributed by atoms with van der Waals surface area (Å²) in [6, 6.07) is 45.0. The van der Waals surface area contributed by atoms with Crippen molar-refractivity contribution in [3.63, 3.8) is 0 Å². The maximum atomic E-state index is 11.2. The Labute approximate surface area is 670 Å². The molecule has 8 aromatic rings. The highest BCUT2D eigenvalue weighted by Crippen LogP contribution is 2.29. The van der Waals surface area contributed by atoms with Crippen molar-refractivity contribution in [1.82, 2.24) is 14.9 Å². The first-order chi connectivity index (χ1) is 52.2. The van der Waals surface area contributed by atoms with E-state index in [1.54, 1.807) is 65.1 Å². The van der Waals surface area contributed by atoms with Crippen LogP contribution in [-0.4, -0.2) is 162 Å². The molecule has 35 nitrogen and oxygen atoms in total. The van der Waals surface area contributed by atoms with Gasteiger partial charge in [-0.25, -0.2) is 9.59 Å². The minimum absolute atomic E-state index is 0.104. The van der Waals surface area contributed by atoms with Crippen LogP contribution >= 0.6 is 69.4 Å². The van der Waals surface area contributed by atoms with Crippen molar-refractivity contribution in [2.75, 3.05) is 76.7 Å². The molecule has 1 fully saturated rings. The molecule has 606 valence electrons. The lowest BCUT2D eigenvalue weighted by Crippen LogP contribution is -2.30. The molecule has 13 N–H and O–H groups in total. The Bertz CT molecular complexity index is 4420. The third-order valence-electron chi connectivity index (χ3n) is 13.1. The van der Waals surface area contributed by atoms with Crippen molar-refractivity contribution in [3.05, 3.63) is 238 Å². The zero-order valence-corrected chi connectivity index (χ0v) is 66.9. The average molecular weight is 1760 g/mol. The Hall–Kier alpha value is -10.6. The summed E-state index contributed by atoms with van der Waals surface area (Å²) >= 11 is 19.8. The number of rotatable bonds is 14. The smallest absolute Gasteiger partial charge is 0.394 e. The maximum Gasteiger partial charge on any atom is 0.394 e. The first-order valence-electron chi connectivity index (χ1n) is 32.0. The van der Waals surface area contributed by atoms with E-state index < -0.39 is 70.7 Å². The number of halogens is 4. The lowest BCUT2D eigenvalue weighted by atomic mass is 10.0. The number of nitro groups is 2. The summed E-state index contributed by atoms with van der Waals surface area (Å²) < 4.78 is 54.0. The van der Waals surface area contributed by atoms with Crippen LogP contribution in [0.5, 0.6) is 0 Å². The van der Waals surface area contributed by atoms with Gasteiger partial charge in [0.1, 0.15) is 16.1 Å². The summed E-state index contributed by atoms with van der Waals surface area (Å²) in [5.74, 6) is -2.49. The van der Waals surface area contributed by atoms with Gasteiger partial charge in [-0.1, -0.05) is 94.1 Å². The first kappa shape index (κ1) is 102. The summed E-state index contributed by atoms with van der Waals surface area (Å²) in [5, 5.41) is 44.9. The van der Waals surface area contributed by atoms with Crippen molar-refractivity contribution >= 4 is 170 Å². The van der Waals surface area contributed by atoms with Gasteiger partial charge >= 0.3 is 32.3 Å². The number of hydrogen-bond acceptors (Lipinski definition) is 26. The number of fused-ring (bicyclic) bond motifs is 3. The van der Waals surface area contributed by atoms with E-state index in [0.717, 1.165) is 107 Å². The van der Waals surface area contributed by atoms with Crippen molar-refractivity contribution in [1.29, 1.82) is 0 Å². The average Bonchev–Trinajstić information content (AvgIpc) is 1.62. The topological polar surface area (TPSA) is 552 Å². The molecule has 3 unspecified atom stereocenters. The third kappa shape index (κ3) is 51.5. The summed E-state index contributed by atoms with van der Waals surface area (Å²) in [7, 11) is -0.880. The number of nitro benzene ring substituents is 2. The predicted octanol–water partition coefficient (Wildman–Crippen LogP) is 12.3. The number of hydrogen-bond donors (Lipinski definition) is 10. The van der Waals surface area contributed by atoms with Crippen LogP contribution in [0.1, 0.15) is 57.2 Å². The van der Waals surface area contributed by atoms with Crippen molar-refractivity contribution < 1.29 is 94.7 Å². The molecule has 6 aromatic carbocycles. The van der Waals surface area contributed by atoms with Gasteiger partial charge in [-0.2, -0.15) is 8.42 Å². The number of nitrogen functional groups attached to an aromatic ring is 3. The monoisotopic (exact) mass is 1760 g/mol. The number of aromatic nitrogens is 2. The van der Waals surface area contributed by atoms with E-state index >= 15 is 0 Å². The van der Waals surface area contributed by atoms with E-state index in [1.165, 1.54) is 64.9 Å². The minimum Gasteiger partial charge on any atom is -0.481 e. The van der Waals surface area contributed by atoms with Gasteiger partial charge in [-0.15, -0.1) is 44.9 Å². The van der Waals surface area contributed by atoms with Crippen LogP contribution in [0.3, 0.4) is 0 Å². The van der Waals surface area contributed by atoms with E-state index in [-0.39, 0.29) is 39.0 Å². The molecule has 0 bridgehead atoms. The maximum absolute atomic E-state index is 11.2. The standard InChI is InChI=1S/C10H9ClN2O6.C10H11ClO2.C10H6INO3S.C9H9ClN2O.C9H8N2O.C6H7N.C6H15N.C4H6O2.C4H8O.C2H4O2.HNO3.H2O4S/c1-19-10(14)8(11)4-6-2-3-7(12(15)16)5-9(6)13(17)18;1-13-10(12)9(11)7-8-5-3-2-4-6-8;11-10(14)15-16-7-3-1-6-2-4-9(13)12-8(6)5-7;10-7-3-5-1-2-6(11)4-8(5)12-9(7)13;10-7-3-1-6-2-4-9(12)11-8(6)5-7;7-6-4-2-1-3-5-6;1-4-7(5-2)6-3;1-3-4(5)6-2;1-2-4-5-3-1;1-2(3)4;2-1(3)4;1-5(2,3)4/h2-3,5,8H,4H2,1H3;2-6,9H,7H2,1H3;1-5H,(H,12,13);1-2,4,7H,3,11H2,(H,12,13);1-5H,10H2,(H,11,12);1-5H,7H2;4-6H2,1-3H3;3H,1H2,2H3;1-4H2;1H3,(H,3,4);(H,2,3,4);(H2,1,2,3,4). The Morgan fingerprint density at radius 3 is 1.53 bits per heavy atom. The summed E-state index contributed by atoms with van der Waals surface area (Å²) in [6.45, 7) is 16.4. The molecule has 3 atom stereocenters. The number of esters is 3. The number of methoxy groups -OCH3 is 3. The Morgan fingerprint density at radius 1 is 0.685 bits per heavy atom. The van der Waals surface area contributed by atoms with Gasteiger partial charge in [0.2, 0.25) is 17.0 Å². The molecule has 1 amide bonds. The second kappa shape index (κ2) is 58.4. The molecule has 10 rings (SSSR count). The van der Waals surface area contributed by atoms with Crippen molar-refractivity contribution in [2.45, 2.75) is 80.8 Å². The van der Waals surface area contributed by atoms with Crippen LogP contribution in [0.15, 0.2) is 185 Å². The number of benzene rings is 6. The number of nitrogens with zero attached hydrogens (tertiary/aromatic N) is 4. The van der Waals surface area contributed by atoms with E-state index in [0.29, 0.717) is 24.2 Å². The largest absolute Gasteiger partial charge is 0.481 e. The Kier molecular flexibility index (Phi) is 53.9. The zero-order chi connectivity index (χ0) is 84.8. The minimum atomic E-state index is -4.67. The number of ether oxygens (including phenoxy) is 4. The van der Waals surface area contributed by atoms with Gasteiger partial charge in [0.25, 0.3) is 22.4 Å². The van der Waals surface area contributed by atoms with E-state index in [4.69, 9.17) is 104 Å². The van der Waals surface area contributed by atoms with Crippen LogP contribution in [0.4, 0.5) is 38.9 Å². The van der Waals surface area contributed by atoms with E-state index in [9.17, 15) is 53.8 Å². The predicted molar refractivity (Wildman–Crippen MR) is 433 cm³/mol. The fraction of sp³-hybridized carbons (Fsp3) is 0.286. The lowest BCUT2D eigenvalue weighted by Gasteiger charge is -2.20. The number of pyridine rings is 2. The summed E-state index contributed by atoms with van der Waals surface area (Å²) in [5.41, 5.74) is 22.0. The second-order valence-corrected chi connectivity index (χ2v) is 25.4. The van der Waals surface area contributed by atoms with Gasteiger partial charge < -0.3 is 70.8 Å². The van der Waals surface area contributed by atoms with Crippen LogP contribution < -0.4 is 33.6 Å². The molecule has 111 heavy (non-hydrogen) atoms. The molecule has 0 radical (unpaired) electrons. The Balaban J connectivity index is 0. The molecular weight excluding hydrogens is 1680 g/mol. The molecule has 1 saturated heterocycles. The van der Waals surface area contributed by atoms with Gasteiger partial charge in [-0.3, -0.25) is 58.1 Å². The highest BCUT2D eigenvalue weighted by atomic mass is 127. The third-order valence-corrected chi connectivity index (χ3v) is 15.3. The number of non-ortho nitro benzene ring substituents is 1. The van der Waals surface area contributed by atoms with Crippen LogP contribution in [0.25, 0.3) is 21.8 Å². The fourth-order valence-electron chi connectivity index (χ4n) is 7.98. The van der Waals surface area contributed by atoms with Crippen molar-refractivity contribution in [3.8, 4) is 0 Å². The molecule has 2 aromatic heterocycles. The normalized spacial score (nSPS) is 12.1. The number of carbonyl (C=O) groups is 6. The van der Waals surface area contributed by atoms with Crippen LogP contribution in [-0.2, 0) is 76.8 Å². The number of carboxylic acid groups (broad SMARTS) is 1. The number of nitrogens with one attached hydrogen (secondary N) is 3. The molecule has 2 aliphatic heterocycles. The van der Waals surface area contributed by atoms with Gasteiger partial charge in [-0.05, 0) is 134 Å². The number of nitrogens with two attached hydrogens (primary N) is 3. The highest BCUT2D eigenvalue weighted by Gasteiger charge is 2.26. The number of alkyl halides is 3. The highest BCUT2D eigenvalue weighted by molar-refractivity contribution is 14.1. The number of anilines is 4. The van der Waals surface area contributed by atoms with E-state index in [1.807, 2.05) is 84.9 Å². The van der Waals surface area contributed by atoms with Crippen molar-refractivity contribution in [2.24, 2.45) is 0 Å². The number of H-pyrrole nitrogens is 2. The molecule has 41 heteroatoms. The number of para-hydroxylation sites is 1. The zero-order valence-electron chi connectivity index (χ0n) is 60.8. The number of amides is 1. The van der Waals surface area contributed by atoms with Gasteiger partial charge in [0.15, 0.2) is 0 Å². The van der Waals surface area contributed by atoms with Crippen LogP contribution in [0, 0.1) is 30.3 Å². The summed E-state index contributed by atoms with van der Waals surface area (Å²) in [4.78, 5) is 122. The van der Waals surface area contributed by atoms with Gasteiger partial charge in [0, 0.05) is 84.7 Å². The molecule has 0 saturated carbocycles. The van der Waals surface area contributed by atoms with Crippen LogP contribution in [0.2, 0.25) is 0 Å². The lowest BCUT2D eigenvalue weighted by molar-refractivity contribution is -0.742. The second-order valence-electron chi connectivity index (χ2n) is 21.2. The summed E-state index contributed by atoms with van der Waals surface area (Å²) in [6.07, 6.45) is 4.60. The molecule has 2 aliphatic rings. The van der Waals surface area contributed by atoms with Gasteiger partial charge in [0.05, 0.1) is 82.3 Å². The fourth-order valence-corrected chi connectivity index (χ4v) is 9.44. The Morgan fingerprint density at radius 2 is 1.14 bits per heavy atom. The number of carboxylic acids is 1. The number of aromatic amines is 2. The quantitative estimate of drug-likeness (QED) is 0.00413.